The molecule has 2 fully saturated rings. The van der Waals surface area contributed by atoms with Gasteiger partial charge in [-0.25, -0.2) is 4.39 Å². The lowest BCUT2D eigenvalue weighted by Crippen LogP contribution is -2.56. The molecule has 2 aliphatic heterocycles. The van der Waals surface area contributed by atoms with Crippen LogP contribution in [0.2, 0.25) is 5.02 Å². The Morgan fingerprint density at radius 2 is 2.00 bits per heavy atom. The number of nitriles is 1. The average molecular weight is 481 g/mol. The first-order valence-electron chi connectivity index (χ1n) is 11.1. The maximum Gasteiger partial charge on any atom is 0.282 e. The van der Waals surface area contributed by atoms with Gasteiger partial charge in [0.25, 0.3) is 5.91 Å². The zero-order valence-corrected chi connectivity index (χ0v) is 19.5. The van der Waals surface area contributed by atoms with Gasteiger partial charge in [-0.1, -0.05) is 42.4 Å². The molecule has 34 heavy (non-hydrogen) atoms. The normalized spacial score (nSPS) is 20.3. The largest absolute Gasteiger partial charge is 0.385 e. The van der Waals surface area contributed by atoms with Crippen molar-refractivity contribution in [3.63, 3.8) is 0 Å². The standard InChI is InChI=1S/C25H26ClFN6O/c1-16(27)25(34)33-13-12-32(14-18(33)8-10-28)24(30)19-9-11-31(15-21(19)29)22-7-3-5-17-4-2-6-20(26)23(17)22/h2-7,18,29H,1,8-9,11-15,30H2/b24-19+,29-21?/t18-/m0/s1. The fraction of sp³-hybridized carbons (Fsp3) is 0.320. The van der Waals surface area contributed by atoms with E-state index in [1.807, 2.05) is 41.3 Å². The van der Waals surface area contributed by atoms with Crippen LogP contribution in [-0.4, -0.2) is 60.2 Å². The quantitative estimate of drug-likeness (QED) is 0.648. The molecule has 2 heterocycles. The number of carbonyl (C=O) groups is 1. The van der Waals surface area contributed by atoms with Gasteiger partial charge in [0.2, 0.25) is 0 Å². The number of nitrogens with two attached hydrogens (primary N) is 1. The zero-order chi connectivity index (χ0) is 24.4. The van der Waals surface area contributed by atoms with Crippen LogP contribution in [0.4, 0.5) is 10.1 Å². The molecule has 0 spiro atoms. The molecule has 2 saturated heterocycles. The molecule has 9 heteroatoms. The van der Waals surface area contributed by atoms with Crippen LogP contribution in [0.1, 0.15) is 12.8 Å². The number of fused-ring (bicyclic) bond motifs is 1. The van der Waals surface area contributed by atoms with Crippen molar-refractivity contribution in [3.8, 4) is 6.07 Å². The first kappa shape index (κ1) is 23.6. The van der Waals surface area contributed by atoms with E-state index in [1.165, 1.54) is 4.90 Å². The summed E-state index contributed by atoms with van der Waals surface area (Å²) in [6.07, 6.45) is 0.639. The van der Waals surface area contributed by atoms with Gasteiger partial charge in [0.15, 0.2) is 5.83 Å². The minimum atomic E-state index is -1.04. The number of hydrogen-bond acceptors (Lipinski definition) is 6. The van der Waals surface area contributed by atoms with Crippen molar-refractivity contribution >= 4 is 39.7 Å². The van der Waals surface area contributed by atoms with Crippen LogP contribution in [0.3, 0.4) is 0 Å². The van der Waals surface area contributed by atoms with E-state index in [1.54, 1.807) is 0 Å². The maximum absolute atomic E-state index is 13.4. The van der Waals surface area contributed by atoms with Gasteiger partial charge >= 0.3 is 0 Å². The monoisotopic (exact) mass is 480 g/mol. The maximum atomic E-state index is 13.4. The molecule has 1 atom stereocenters. The lowest BCUT2D eigenvalue weighted by Gasteiger charge is -2.42. The SMILES string of the molecule is C=C(F)C(=O)N1CCN(/C(N)=C2\CCN(c3cccc4cccc(Cl)c34)CC2=N)C[C@@H]1CC#N. The Balaban J connectivity index is 1.53. The van der Waals surface area contributed by atoms with E-state index in [0.29, 0.717) is 49.2 Å². The average Bonchev–Trinajstić information content (AvgIpc) is 2.83. The summed E-state index contributed by atoms with van der Waals surface area (Å²) in [5.41, 5.74) is 8.66. The Morgan fingerprint density at radius 1 is 1.26 bits per heavy atom. The highest BCUT2D eigenvalue weighted by molar-refractivity contribution is 6.36. The van der Waals surface area contributed by atoms with Crippen LogP contribution in [0, 0.1) is 16.7 Å². The van der Waals surface area contributed by atoms with Crippen molar-refractivity contribution in [2.75, 3.05) is 37.6 Å². The Bertz CT molecular complexity index is 1230. The number of halogens is 2. The molecule has 2 aliphatic rings. The molecule has 0 unspecified atom stereocenters. The fourth-order valence-corrected chi connectivity index (χ4v) is 5.04. The molecule has 1 amide bonds. The second-order valence-electron chi connectivity index (χ2n) is 8.49. The molecule has 3 N–H and O–H groups in total. The molecular weight excluding hydrogens is 455 g/mol. The molecule has 0 bridgehead atoms. The number of piperidine rings is 1. The highest BCUT2D eigenvalue weighted by atomic mass is 35.5. The van der Waals surface area contributed by atoms with Crippen molar-refractivity contribution in [1.82, 2.24) is 9.80 Å². The number of anilines is 1. The second-order valence-corrected chi connectivity index (χ2v) is 8.90. The molecule has 0 saturated carbocycles. The lowest BCUT2D eigenvalue weighted by atomic mass is 9.98. The van der Waals surface area contributed by atoms with Crippen LogP contribution in [0.25, 0.3) is 10.8 Å². The number of benzene rings is 2. The van der Waals surface area contributed by atoms with Gasteiger partial charge in [-0.15, -0.1) is 0 Å². The van der Waals surface area contributed by atoms with Gasteiger partial charge in [-0.3, -0.25) is 4.79 Å². The third-order valence-corrected chi connectivity index (χ3v) is 6.78. The summed E-state index contributed by atoms with van der Waals surface area (Å²) in [5.74, 6) is -1.35. The van der Waals surface area contributed by atoms with Gasteiger partial charge in [0.05, 0.1) is 35.8 Å². The first-order valence-corrected chi connectivity index (χ1v) is 11.5. The number of nitrogens with zero attached hydrogens (tertiary/aromatic N) is 4. The lowest BCUT2D eigenvalue weighted by molar-refractivity contribution is -0.133. The topological polar surface area (TPSA) is 100 Å². The highest BCUT2D eigenvalue weighted by Gasteiger charge is 2.33. The molecule has 0 radical (unpaired) electrons. The molecular formula is C25H26ClFN6O. The number of piperazine rings is 1. The third-order valence-electron chi connectivity index (χ3n) is 6.47. The fourth-order valence-electron chi connectivity index (χ4n) is 4.76. The minimum Gasteiger partial charge on any atom is -0.385 e. The molecule has 4 rings (SSSR count). The van der Waals surface area contributed by atoms with E-state index >= 15 is 0 Å². The van der Waals surface area contributed by atoms with Gasteiger partial charge in [-0.05, 0) is 23.9 Å². The van der Waals surface area contributed by atoms with Gasteiger partial charge in [0.1, 0.15) is 5.82 Å². The Morgan fingerprint density at radius 3 is 2.68 bits per heavy atom. The van der Waals surface area contributed by atoms with Crippen LogP contribution < -0.4 is 10.6 Å². The Labute approximate surface area is 203 Å². The summed E-state index contributed by atoms with van der Waals surface area (Å²) in [6, 6.07) is 13.4. The third kappa shape index (κ3) is 4.44. The molecule has 0 aliphatic carbocycles. The molecule has 7 nitrogen and oxygen atoms in total. The zero-order valence-electron chi connectivity index (χ0n) is 18.7. The van der Waals surface area contributed by atoms with Crippen molar-refractivity contribution in [1.29, 1.82) is 10.7 Å². The highest BCUT2D eigenvalue weighted by Crippen LogP contribution is 2.34. The Kier molecular flexibility index (Phi) is 6.75. The van der Waals surface area contributed by atoms with E-state index in [9.17, 15) is 14.4 Å². The van der Waals surface area contributed by atoms with Crippen LogP contribution in [0.15, 0.2) is 60.2 Å². The predicted molar refractivity (Wildman–Crippen MR) is 132 cm³/mol. The summed E-state index contributed by atoms with van der Waals surface area (Å²) in [6.45, 7) is 5.08. The second kappa shape index (κ2) is 9.74. The van der Waals surface area contributed by atoms with Crippen LogP contribution >= 0.6 is 11.6 Å². The van der Waals surface area contributed by atoms with Crippen molar-refractivity contribution in [2.45, 2.75) is 18.9 Å². The molecule has 0 aromatic heterocycles. The van der Waals surface area contributed by atoms with E-state index < -0.39 is 17.8 Å². The van der Waals surface area contributed by atoms with E-state index in [0.717, 1.165) is 22.0 Å². The van der Waals surface area contributed by atoms with E-state index in [4.69, 9.17) is 22.7 Å². The summed E-state index contributed by atoms with van der Waals surface area (Å²) in [5, 5.41) is 20.6. The van der Waals surface area contributed by atoms with Gasteiger partial charge < -0.3 is 25.8 Å². The minimum absolute atomic E-state index is 0.0607. The smallest absolute Gasteiger partial charge is 0.282 e. The van der Waals surface area contributed by atoms with Crippen LogP contribution in [0.5, 0.6) is 0 Å². The van der Waals surface area contributed by atoms with Gasteiger partial charge in [-0.2, -0.15) is 5.26 Å². The number of hydrogen-bond donors (Lipinski definition) is 2. The molecule has 176 valence electrons. The summed E-state index contributed by atoms with van der Waals surface area (Å²) < 4.78 is 13.4. The van der Waals surface area contributed by atoms with E-state index in [-0.39, 0.29) is 13.0 Å². The van der Waals surface area contributed by atoms with Crippen molar-refractivity contribution < 1.29 is 9.18 Å². The van der Waals surface area contributed by atoms with E-state index in [2.05, 4.69) is 17.5 Å². The number of carbonyl (C=O) groups excluding carboxylic acids is 1. The predicted octanol–water partition coefficient (Wildman–Crippen LogP) is 3.80. The summed E-state index contributed by atoms with van der Waals surface area (Å²) in [4.78, 5) is 17.5. The summed E-state index contributed by atoms with van der Waals surface area (Å²) in [7, 11) is 0. The summed E-state index contributed by atoms with van der Waals surface area (Å²) >= 11 is 6.50. The van der Waals surface area contributed by atoms with Crippen LogP contribution in [-0.2, 0) is 4.79 Å². The number of nitrogens with one attached hydrogen (secondary N) is 1. The number of rotatable bonds is 4. The van der Waals surface area contributed by atoms with Crippen molar-refractivity contribution in [3.05, 3.63) is 65.2 Å². The Hall–Kier alpha value is -3.57. The molecule has 2 aromatic carbocycles. The first-order chi connectivity index (χ1) is 16.3. The number of amides is 1. The molecule has 2 aromatic rings. The van der Waals surface area contributed by atoms with Crippen molar-refractivity contribution in [2.24, 2.45) is 5.73 Å². The van der Waals surface area contributed by atoms with Gasteiger partial charge in [0, 0.05) is 42.8 Å².